The van der Waals surface area contributed by atoms with Crippen molar-refractivity contribution < 1.29 is 14.3 Å². The first-order valence-electron chi connectivity index (χ1n) is 12.7. The van der Waals surface area contributed by atoms with Gasteiger partial charge >= 0.3 is 6.03 Å². The zero-order valence-electron chi connectivity index (χ0n) is 21.7. The number of ether oxygens (including phenoxy) is 2. The van der Waals surface area contributed by atoms with Crippen LogP contribution < -0.4 is 19.3 Å². The molecule has 8 nitrogen and oxygen atoms in total. The van der Waals surface area contributed by atoms with Gasteiger partial charge in [0, 0.05) is 31.1 Å². The van der Waals surface area contributed by atoms with Crippen LogP contribution >= 0.6 is 0 Å². The summed E-state index contributed by atoms with van der Waals surface area (Å²) in [6.45, 7) is 10.1. The van der Waals surface area contributed by atoms with Crippen LogP contribution in [0.5, 0.6) is 17.4 Å². The van der Waals surface area contributed by atoms with E-state index in [1.165, 1.54) is 6.26 Å². The van der Waals surface area contributed by atoms with Crippen molar-refractivity contribution in [3.05, 3.63) is 78.3 Å². The van der Waals surface area contributed by atoms with Gasteiger partial charge in [0.15, 0.2) is 0 Å². The summed E-state index contributed by atoms with van der Waals surface area (Å²) in [6, 6.07) is 13.9. The minimum absolute atomic E-state index is 0.0385. The van der Waals surface area contributed by atoms with Crippen LogP contribution in [0.1, 0.15) is 29.5 Å². The van der Waals surface area contributed by atoms with E-state index in [4.69, 9.17) is 9.47 Å². The second-order valence-corrected chi connectivity index (χ2v) is 10.2. The van der Waals surface area contributed by atoms with Crippen LogP contribution in [0.15, 0.2) is 61.6 Å². The van der Waals surface area contributed by atoms with Gasteiger partial charge in [-0.05, 0) is 67.3 Å². The fourth-order valence-corrected chi connectivity index (χ4v) is 5.40. The standard InChI is InChI=1S/C29H33N5O3/c1-5-36-24-6-7-26-22(17-24)8-11-33(29(35)32-26)23-9-12-34(4,13-10-23)27-18-28(31-19-30-27)37-25-15-20(2)14-21(3)16-25/h5-7,14-19,23H,1,8-13H2,2-4H3/p+1. The molecule has 0 radical (unpaired) electrons. The van der Waals surface area contributed by atoms with Crippen LogP contribution in [-0.4, -0.2) is 53.6 Å². The van der Waals surface area contributed by atoms with E-state index < -0.39 is 0 Å². The maximum absolute atomic E-state index is 13.1. The van der Waals surface area contributed by atoms with E-state index in [9.17, 15) is 4.79 Å². The van der Waals surface area contributed by atoms with E-state index in [0.29, 0.717) is 16.9 Å². The van der Waals surface area contributed by atoms with Gasteiger partial charge in [0.1, 0.15) is 17.8 Å². The average Bonchev–Trinajstić information content (AvgIpc) is 3.02. The van der Waals surface area contributed by atoms with Gasteiger partial charge in [-0.15, -0.1) is 0 Å². The van der Waals surface area contributed by atoms with Gasteiger partial charge in [-0.3, -0.25) is 4.48 Å². The van der Waals surface area contributed by atoms with Gasteiger partial charge in [0.25, 0.3) is 0 Å². The Morgan fingerprint density at radius 2 is 1.81 bits per heavy atom. The molecule has 1 aromatic heterocycles. The Kier molecular flexibility index (Phi) is 6.84. The molecule has 2 aromatic carbocycles. The van der Waals surface area contributed by atoms with E-state index in [2.05, 4.69) is 48.8 Å². The molecule has 1 saturated heterocycles. The molecule has 0 atom stereocenters. The predicted molar refractivity (Wildman–Crippen MR) is 145 cm³/mol. The Morgan fingerprint density at radius 1 is 1.05 bits per heavy atom. The molecule has 5 rings (SSSR count). The van der Waals surface area contributed by atoms with Gasteiger partial charge in [0.05, 0.1) is 32.5 Å². The SMILES string of the molecule is C=COc1ccc2c(c1)CCN(C1CC[N+](C)(c3cc(Oc4cc(C)cc(C)c4)ncn3)CC1)C(=O)N2. The van der Waals surface area contributed by atoms with Crippen LogP contribution in [0.3, 0.4) is 0 Å². The van der Waals surface area contributed by atoms with E-state index in [1.807, 2.05) is 41.3 Å². The summed E-state index contributed by atoms with van der Waals surface area (Å²) in [6.07, 6.45) is 5.55. The number of rotatable bonds is 6. The maximum atomic E-state index is 13.1. The van der Waals surface area contributed by atoms with Crippen molar-refractivity contribution in [1.29, 1.82) is 0 Å². The van der Waals surface area contributed by atoms with Crippen LogP contribution in [0, 0.1) is 13.8 Å². The highest BCUT2D eigenvalue weighted by molar-refractivity contribution is 5.91. The number of carbonyl (C=O) groups is 1. The van der Waals surface area contributed by atoms with Crippen LogP contribution in [0.25, 0.3) is 0 Å². The number of carbonyl (C=O) groups excluding carboxylic acids is 1. The molecule has 0 aliphatic carbocycles. The maximum Gasteiger partial charge on any atom is 0.322 e. The number of likely N-dealkylation sites (tertiary alicyclic amines) is 1. The minimum atomic E-state index is -0.0385. The van der Waals surface area contributed by atoms with E-state index in [1.54, 1.807) is 6.33 Å². The Labute approximate surface area is 218 Å². The highest BCUT2D eigenvalue weighted by Gasteiger charge is 2.38. The van der Waals surface area contributed by atoms with Crippen molar-refractivity contribution >= 4 is 17.5 Å². The number of hydrogen-bond donors (Lipinski definition) is 1. The molecule has 8 heteroatoms. The Hall–Kier alpha value is -3.91. The number of amides is 2. The van der Waals surface area contributed by atoms with Crippen LogP contribution in [0.4, 0.5) is 16.3 Å². The predicted octanol–water partition coefficient (Wildman–Crippen LogP) is 5.60. The number of urea groups is 1. The highest BCUT2D eigenvalue weighted by atomic mass is 16.5. The van der Waals surface area contributed by atoms with Gasteiger partial charge in [-0.1, -0.05) is 12.6 Å². The lowest BCUT2D eigenvalue weighted by molar-refractivity contribution is 0.141. The molecular formula is C29H34N5O3+. The fraction of sp³-hybridized carbons (Fsp3) is 0.345. The van der Waals surface area contributed by atoms with Crippen molar-refractivity contribution in [3.63, 3.8) is 0 Å². The molecule has 3 aromatic rings. The summed E-state index contributed by atoms with van der Waals surface area (Å²) >= 11 is 0. The smallest absolute Gasteiger partial charge is 0.322 e. The van der Waals surface area contributed by atoms with Crippen molar-refractivity contribution in [3.8, 4) is 17.4 Å². The third-order valence-electron chi connectivity index (χ3n) is 7.37. The second kappa shape index (κ2) is 10.2. The molecule has 2 aliphatic heterocycles. The first kappa shape index (κ1) is 24.8. The normalized spacial score (nSPS) is 21.4. The molecule has 2 aliphatic rings. The second-order valence-electron chi connectivity index (χ2n) is 10.2. The van der Waals surface area contributed by atoms with E-state index in [-0.39, 0.29) is 12.1 Å². The number of quaternary nitrogens is 1. The zero-order chi connectivity index (χ0) is 26.0. The van der Waals surface area contributed by atoms with Crippen molar-refractivity contribution in [2.24, 2.45) is 0 Å². The lowest BCUT2D eigenvalue weighted by Crippen LogP contribution is -2.57. The van der Waals surface area contributed by atoms with E-state index >= 15 is 0 Å². The van der Waals surface area contributed by atoms with Crippen molar-refractivity contribution in [2.45, 2.75) is 39.2 Å². The zero-order valence-corrected chi connectivity index (χ0v) is 21.7. The number of nitrogens with zero attached hydrogens (tertiary/aromatic N) is 4. The molecule has 192 valence electrons. The van der Waals surface area contributed by atoms with Gasteiger partial charge in [-0.25, -0.2) is 9.78 Å². The topological polar surface area (TPSA) is 76.6 Å². The molecule has 1 fully saturated rings. The van der Waals surface area contributed by atoms with Crippen LogP contribution in [0.2, 0.25) is 0 Å². The third kappa shape index (κ3) is 5.44. The molecule has 0 spiro atoms. The largest absolute Gasteiger partial charge is 0.466 e. The van der Waals surface area contributed by atoms with Crippen LogP contribution in [-0.2, 0) is 6.42 Å². The quantitative estimate of drug-likeness (QED) is 0.352. The average molecular weight is 501 g/mol. The Morgan fingerprint density at radius 3 is 2.54 bits per heavy atom. The summed E-state index contributed by atoms with van der Waals surface area (Å²) in [4.78, 5) is 24.0. The fourth-order valence-electron chi connectivity index (χ4n) is 5.40. The van der Waals surface area contributed by atoms with Crippen molar-refractivity contribution in [1.82, 2.24) is 19.4 Å². The summed E-state index contributed by atoms with van der Waals surface area (Å²) < 4.78 is 12.2. The van der Waals surface area contributed by atoms with Gasteiger partial charge < -0.3 is 19.7 Å². The molecule has 0 bridgehead atoms. The summed E-state index contributed by atoms with van der Waals surface area (Å²) in [7, 11) is 2.19. The van der Waals surface area contributed by atoms with Crippen molar-refractivity contribution in [2.75, 3.05) is 32.0 Å². The molecule has 0 unspecified atom stereocenters. The number of hydrogen-bond acceptors (Lipinski definition) is 5. The first-order chi connectivity index (χ1) is 17.8. The molecule has 37 heavy (non-hydrogen) atoms. The summed E-state index contributed by atoms with van der Waals surface area (Å²) in [5, 5.41) is 3.09. The molecular weight excluding hydrogens is 466 g/mol. The number of nitrogens with one attached hydrogen (secondary N) is 1. The number of aromatic nitrogens is 2. The summed E-state index contributed by atoms with van der Waals surface area (Å²) in [5.41, 5.74) is 4.22. The number of piperidine rings is 1. The Balaban J connectivity index is 1.25. The first-order valence-corrected chi connectivity index (χ1v) is 12.7. The minimum Gasteiger partial charge on any atom is -0.466 e. The Bertz CT molecular complexity index is 1300. The highest BCUT2D eigenvalue weighted by Crippen LogP contribution is 2.32. The number of aryl methyl sites for hydroxylation is 2. The monoisotopic (exact) mass is 500 g/mol. The lowest BCUT2D eigenvalue weighted by atomic mass is 10.0. The van der Waals surface area contributed by atoms with Gasteiger partial charge in [-0.2, -0.15) is 4.98 Å². The van der Waals surface area contributed by atoms with E-state index in [0.717, 1.165) is 72.0 Å². The summed E-state index contributed by atoms with van der Waals surface area (Å²) in [5.74, 6) is 2.98. The number of benzene rings is 2. The molecule has 1 N–H and O–H groups in total. The molecule has 0 saturated carbocycles. The number of fused-ring (bicyclic) bond motifs is 1. The third-order valence-corrected chi connectivity index (χ3v) is 7.37. The lowest BCUT2D eigenvalue weighted by Gasteiger charge is -2.42. The number of anilines is 1. The molecule has 3 heterocycles. The van der Waals surface area contributed by atoms with Gasteiger partial charge in [0.2, 0.25) is 11.7 Å². The molecule has 2 amide bonds.